The molecule has 0 aliphatic heterocycles. The lowest BCUT2D eigenvalue weighted by Crippen LogP contribution is -2.42. The van der Waals surface area contributed by atoms with Crippen LogP contribution in [0.4, 0.5) is 0 Å². The van der Waals surface area contributed by atoms with E-state index in [2.05, 4.69) is 72.1 Å². The molecule has 20 heavy (non-hydrogen) atoms. The number of hydrogen-bond acceptors (Lipinski definition) is 2. The Labute approximate surface area is 129 Å². The van der Waals surface area contributed by atoms with Crippen molar-refractivity contribution in [3.8, 4) is 0 Å². The molecule has 0 saturated carbocycles. The van der Waals surface area contributed by atoms with E-state index in [4.69, 9.17) is 0 Å². The minimum atomic E-state index is 0.667. The largest absolute Gasteiger partial charge is 0.303 e. The highest BCUT2D eigenvalue weighted by Gasteiger charge is 2.15. The first-order valence-corrected chi connectivity index (χ1v) is 8.81. The molecule has 2 heteroatoms. The fourth-order valence-corrected chi connectivity index (χ4v) is 3.07. The van der Waals surface area contributed by atoms with E-state index in [1.807, 2.05) is 0 Å². The first-order valence-electron chi connectivity index (χ1n) is 8.81. The lowest BCUT2D eigenvalue weighted by atomic mass is 10.2. The summed E-state index contributed by atoms with van der Waals surface area (Å²) in [7, 11) is 0. The molecule has 0 radical (unpaired) electrons. The van der Waals surface area contributed by atoms with Crippen LogP contribution in [0.25, 0.3) is 0 Å². The third-order valence-electron chi connectivity index (χ3n) is 3.41. The molecular weight excluding hydrogens is 244 g/mol. The minimum absolute atomic E-state index is 0.667. The van der Waals surface area contributed by atoms with Gasteiger partial charge in [-0.15, -0.1) is 0 Å². The normalized spacial score (nSPS) is 11.7. The third kappa shape index (κ3) is 11.7. The van der Waals surface area contributed by atoms with E-state index in [0.29, 0.717) is 18.1 Å². The molecule has 0 aromatic heterocycles. The van der Waals surface area contributed by atoms with E-state index in [1.165, 1.54) is 38.9 Å². The summed E-state index contributed by atoms with van der Waals surface area (Å²) >= 11 is 0. The molecule has 0 fully saturated rings. The molecular formula is C18H42N2. The van der Waals surface area contributed by atoms with Crippen molar-refractivity contribution < 1.29 is 0 Å². The van der Waals surface area contributed by atoms with Gasteiger partial charge in [-0.1, -0.05) is 20.8 Å². The maximum absolute atomic E-state index is 2.54. The summed E-state index contributed by atoms with van der Waals surface area (Å²) in [6, 6.07) is 2.00. The quantitative estimate of drug-likeness (QED) is 0.586. The SMILES string of the molecule is CC(C)N(C(C)C)C(C)C.CCCN(CCC)CCC. The second-order valence-corrected chi connectivity index (χ2v) is 6.57. The van der Waals surface area contributed by atoms with Crippen LogP contribution in [0.5, 0.6) is 0 Å². The molecule has 0 amide bonds. The Balaban J connectivity index is 0. The van der Waals surface area contributed by atoms with Gasteiger partial charge >= 0.3 is 0 Å². The van der Waals surface area contributed by atoms with Crippen LogP contribution in [0.1, 0.15) is 81.6 Å². The fourth-order valence-electron chi connectivity index (χ4n) is 3.07. The predicted octanol–water partition coefficient (Wildman–Crippen LogP) is 5.03. The topological polar surface area (TPSA) is 6.48 Å². The zero-order chi connectivity index (χ0) is 16.1. The minimum Gasteiger partial charge on any atom is -0.303 e. The number of rotatable bonds is 9. The molecule has 0 rings (SSSR count). The molecule has 0 bridgehead atoms. The van der Waals surface area contributed by atoms with Crippen molar-refractivity contribution in [1.29, 1.82) is 0 Å². The van der Waals surface area contributed by atoms with Gasteiger partial charge in [-0.2, -0.15) is 0 Å². The Bertz CT molecular complexity index is 155. The van der Waals surface area contributed by atoms with Crippen LogP contribution in [-0.2, 0) is 0 Å². The first kappa shape index (κ1) is 22.2. The van der Waals surface area contributed by atoms with Crippen LogP contribution in [-0.4, -0.2) is 47.6 Å². The molecule has 0 aromatic rings. The monoisotopic (exact) mass is 286 g/mol. The highest BCUT2D eigenvalue weighted by Crippen LogP contribution is 2.09. The van der Waals surface area contributed by atoms with Gasteiger partial charge in [0.25, 0.3) is 0 Å². The van der Waals surface area contributed by atoms with Gasteiger partial charge in [0.05, 0.1) is 0 Å². The van der Waals surface area contributed by atoms with Crippen LogP contribution in [0.15, 0.2) is 0 Å². The summed E-state index contributed by atoms with van der Waals surface area (Å²) in [4.78, 5) is 5.04. The van der Waals surface area contributed by atoms with Crippen molar-refractivity contribution in [2.45, 2.75) is 99.7 Å². The third-order valence-corrected chi connectivity index (χ3v) is 3.41. The molecule has 0 atom stereocenters. The molecule has 0 aliphatic rings. The highest BCUT2D eigenvalue weighted by atomic mass is 15.2. The Morgan fingerprint density at radius 3 is 0.900 bits per heavy atom. The molecule has 2 nitrogen and oxygen atoms in total. The van der Waals surface area contributed by atoms with Gasteiger partial charge < -0.3 is 4.90 Å². The molecule has 0 aliphatic carbocycles. The van der Waals surface area contributed by atoms with E-state index in [9.17, 15) is 0 Å². The van der Waals surface area contributed by atoms with Crippen molar-refractivity contribution in [3.05, 3.63) is 0 Å². The molecule has 0 unspecified atom stereocenters. The zero-order valence-electron chi connectivity index (χ0n) is 15.9. The maximum atomic E-state index is 2.54. The van der Waals surface area contributed by atoms with Crippen LogP contribution < -0.4 is 0 Å². The van der Waals surface area contributed by atoms with Gasteiger partial charge in [-0.05, 0) is 80.4 Å². The summed E-state index contributed by atoms with van der Waals surface area (Å²) in [5, 5.41) is 0. The molecule has 0 N–H and O–H groups in total. The predicted molar refractivity (Wildman–Crippen MR) is 94.6 cm³/mol. The second kappa shape index (κ2) is 13.9. The fraction of sp³-hybridized carbons (Fsp3) is 1.00. The van der Waals surface area contributed by atoms with E-state index < -0.39 is 0 Å². The molecule has 124 valence electrons. The van der Waals surface area contributed by atoms with Gasteiger partial charge in [0.2, 0.25) is 0 Å². The van der Waals surface area contributed by atoms with Crippen molar-refractivity contribution in [1.82, 2.24) is 9.80 Å². The van der Waals surface area contributed by atoms with Crippen LogP contribution >= 0.6 is 0 Å². The van der Waals surface area contributed by atoms with Crippen LogP contribution in [0, 0.1) is 0 Å². The van der Waals surface area contributed by atoms with E-state index in [1.54, 1.807) is 0 Å². The van der Waals surface area contributed by atoms with Gasteiger partial charge in [0.1, 0.15) is 0 Å². The standard InChI is InChI=1S/2C9H21N/c1-7(2)10(8(3)4)9(5)6;1-4-7-10(8-5-2)9-6-3/h7-9H,1-6H3;4-9H2,1-3H3. The smallest absolute Gasteiger partial charge is 0.00439 e. The number of nitrogens with zero attached hydrogens (tertiary/aromatic N) is 2. The van der Waals surface area contributed by atoms with Gasteiger partial charge in [0, 0.05) is 18.1 Å². The molecule has 0 spiro atoms. The average Bonchev–Trinajstić information content (AvgIpc) is 2.28. The Morgan fingerprint density at radius 1 is 0.550 bits per heavy atom. The first-order chi connectivity index (χ1) is 9.31. The van der Waals surface area contributed by atoms with E-state index >= 15 is 0 Å². The van der Waals surface area contributed by atoms with Gasteiger partial charge in [-0.25, -0.2) is 0 Å². The molecule has 0 heterocycles. The maximum Gasteiger partial charge on any atom is 0.00439 e. The summed E-state index contributed by atoms with van der Waals surface area (Å²) in [6.07, 6.45) is 3.88. The summed E-state index contributed by atoms with van der Waals surface area (Å²) < 4.78 is 0. The van der Waals surface area contributed by atoms with Gasteiger partial charge in [-0.3, -0.25) is 4.90 Å². The Kier molecular flexibility index (Phi) is 15.4. The average molecular weight is 287 g/mol. The van der Waals surface area contributed by atoms with Crippen LogP contribution in [0.2, 0.25) is 0 Å². The summed E-state index contributed by atoms with van der Waals surface area (Å²) in [5.74, 6) is 0. The zero-order valence-corrected chi connectivity index (χ0v) is 15.9. The summed E-state index contributed by atoms with van der Waals surface area (Å²) in [6.45, 7) is 24.1. The molecule has 0 aromatic carbocycles. The van der Waals surface area contributed by atoms with Crippen LogP contribution in [0.3, 0.4) is 0 Å². The lowest BCUT2D eigenvalue weighted by Gasteiger charge is -2.34. The van der Waals surface area contributed by atoms with Gasteiger partial charge in [0.15, 0.2) is 0 Å². The van der Waals surface area contributed by atoms with Crippen molar-refractivity contribution in [3.63, 3.8) is 0 Å². The second-order valence-electron chi connectivity index (χ2n) is 6.57. The van der Waals surface area contributed by atoms with E-state index in [-0.39, 0.29) is 0 Å². The van der Waals surface area contributed by atoms with E-state index in [0.717, 1.165) is 0 Å². The Morgan fingerprint density at radius 2 is 0.800 bits per heavy atom. The molecule has 0 saturated heterocycles. The summed E-state index contributed by atoms with van der Waals surface area (Å²) in [5.41, 5.74) is 0. The van der Waals surface area contributed by atoms with Crippen molar-refractivity contribution in [2.75, 3.05) is 19.6 Å². The Hall–Kier alpha value is -0.0800. The van der Waals surface area contributed by atoms with Crippen molar-refractivity contribution in [2.24, 2.45) is 0 Å². The van der Waals surface area contributed by atoms with Crippen molar-refractivity contribution >= 4 is 0 Å². The number of hydrogen-bond donors (Lipinski definition) is 0. The highest BCUT2D eigenvalue weighted by molar-refractivity contribution is 4.70. The lowest BCUT2D eigenvalue weighted by molar-refractivity contribution is 0.133.